The Morgan fingerprint density at radius 2 is 2.50 bits per heavy atom. The van der Waals surface area contributed by atoms with E-state index >= 15 is 0 Å². The lowest BCUT2D eigenvalue weighted by molar-refractivity contribution is -0.119. The summed E-state index contributed by atoms with van der Waals surface area (Å²) in [5, 5.41) is 5.72. The van der Waals surface area contributed by atoms with Gasteiger partial charge in [-0.05, 0) is 13.3 Å². The molecule has 0 aromatic carbocycles. The molecule has 2 N–H and O–H groups in total. The van der Waals surface area contributed by atoms with E-state index in [9.17, 15) is 4.79 Å². The van der Waals surface area contributed by atoms with Gasteiger partial charge in [0.15, 0.2) is 0 Å². The molecule has 0 saturated heterocycles. The zero-order valence-electron chi connectivity index (χ0n) is 7.39. The summed E-state index contributed by atoms with van der Waals surface area (Å²) in [4.78, 5) is 15.2. The van der Waals surface area contributed by atoms with Crippen LogP contribution in [0.15, 0.2) is 4.99 Å². The number of amides is 1. The molecule has 4 nitrogen and oxygen atoms in total. The highest BCUT2D eigenvalue weighted by Gasteiger charge is 2.06. The van der Waals surface area contributed by atoms with Crippen molar-refractivity contribution in [2.24, 2.45) is 4.99 Å². The fraction of sp³-hybridized carbons (Fsp3) is 0.750. The Kier molecular flexibility index (Phi) is 3.57. The number of nitrogens with zero attached hydrogens (tertiary/aromatic N) is 1. The monoisotopic (exact) mass is 169 g/mol. The number of hydrogen-bond acceptors (Lipinski definition) is 3. The summed E-state index contributed by atoms with van der Waals surface area (Å²) in [6.45, 7) is 3.85. The summed E-state index contributed by atoms with van der Waals surface area (Å²) >= 11 is 0. The van der Waals surface area contributed by atoms with E-state index in [0.29, 0.717) is 13.1 Å². The highest BCUT2D eigenvalue weighted by molar-refractivity contribution is 5.88. The van der Waals surface area contributed by atoms with E-state index in [2.05, 4.69) is 15.6 Å². The van der Waals surface area contributed by atoms with Gasteiger partial charge < -0.3 is 10.6 Å². The normalized spacial score (nSPS) is 15.6. The maximum atomic E-state index is 11.0. The number of hydrogen-bond donors (Lipinski definition) is 2. The first-order valence-corrected chi connectivity index (χ1v) is 4.37. The molecule has 0 aromatic rings. The second kappa shape index (κ2) is 4.74. The van der Waals surface area contributed by atoms with E-state index in [1.54, 1.807) is 0 Å². The predicted octanol–water partition coefficient (Wildman–Crippen LogP) is -0.0956. The van der Waals surface area contributed by atoms with Crippen molar-refractivity contribution in [3.8, 4) is 0 Å². The molecule has 0 bridgehead atoms. The van der Waals surface area contributed by atoms with Gasteiger partial charge in [-0.15, -0.1) is 0 Å². The lowest BCUT2D eigenvalue weighted by Crippen LogP contribution is -2.36. The van der Waals surface area contributed by atoms with Crippen molar-refractivity contribution in [1.29, 1.82) is 0 Å². The van der Waals surface area contributed by atoms with E-state index in [4.69, 9.17) is 0 Å². The molecule has 0 aromatic heterocycles. The number of aliphatic imine (C=N–C) groups is 1. The zero-order chi connectivity index (χ0) is 8.81. The second-order valence-corrected chi connectivity index (χ2v) is 2.74. The third-order valence-electron chi connectivity index (χ3n) is 1.70. The fourth-order valence-corrected chi connectivity index (χ4v) is 1.13. The summed E-state index contributed by atoms with van der Waals surface area (Å²) < 4.78 is 0. The molecule has 0 radical (unpaired) electrons. The van der Waals surface area contributed by atoms with Crippen LogP contribution in [0.5, 0.6) is 0 Å². The average molecular weight is 169 g/mol. The summed E-state index contributed by atoms with van der Waals surface area (Å²) in [7, 11) is 0. The largest absolute Gasteiger partial charge is 0.365 e. The molecule has 0 aliphatic carbocycles. The lowest BCUT2D eigenvalue weighted by atomic mass is 10.3. The molecule has 0 fully saturated rings. The Labute approximate surface area is 72.4 Å². The standard InChI is InChI=1S/C8H15N3O/c1-2-9-8(12)6-11-7-4-3-5-10-7/h2-6H2,1H3,(H,9,12)(H,10,11). The van der Waals surface area contributed by atoms with Gasteiger partial charge in [-0.25, -0.2) is 0 Å². The highest BCUT2D eigenvalue weighted by Crippen LogP contribution is 2.00. The van der Waals surface area contributed by atoms with Crippen LogP contribution in [0, 0.1) is 0 Å². The molecule has 1 aliphatic rings. The van der Waals surface area contributed by atoms with Gasteiger partial charge in [0, 0.05) is 19.5 Å². The van der Waals surface area contributed by atoms with Crippen LogP contribution in [0.1, 0.15) is 19.8 Å². The number of nitrogens with one attached hydrogen (secondary N) is 2. The third-order valence-corrected chi connectivity index (χ3v) is 1.70. The van der Waals surface area contributed by atoms with Crippen molar-refractivity contribution in [2.75, 3.05) is 19.6 Å². The quantitative estimate of drug-likeness (QED) is 0.620. The molecule has 1 rings (SSSR count). The molecule has 68 valence electrons. The van der Waals surface area contributed by atoms with Gasteiger partial charge >= 0.3 is 0 Å². The van der Waals surface area contributed by atoms with Gasteiger partial charge in [-0.2, -0.15) is 0 Å². The maximum Gasteiger partial charge on any atom is 0.239 e. The highest BCUT2D eigenvalue weighted by atomic mass is 16.1. The Morgan fingerprint density at radius 1 is 1.67 bits per heavy atom. The van der Waals surface area contributed by atoms with Crippen LogP contribution in [-0.2, 0) is 4.79 Å². The van der Waals surface area contributed by atoms with E-state index in [0.717, 1.165) is 25.2 Å². The van der Waals surface area contributed by atoms with Gasteiger partial charge in [-0.3, -0.25) is 9.79 Å². The van der Waals surface area contributed by atoms with E-state index in [1.165, 1.54) is 0 Å². The van der Waals surface area contributed by atoms with E-state index in [-0.39, 0.29) is 5.91 Å². The third kappa shape index (κ3) is 2.90. The van der Waals surface area contributed by atoms with Crippen LogP contribution in [0.3, 0.4) is 0 Å². The van der Waals surface area contributed by atoms with Crippen LogP contribution < -0.4 is 10.6 Å². The van der Waals surface area contributed by atoms with Gasteiger partial charge in [0.05, 0.1) is 12.4 Å². The second-order valence-electron chi connectivity index (χ2n) is 2.74. The van der Waals surface area contributed by atoms with Gasteiger partial charge in [0.25, 0.3) is 0 Å². The molecule has 0 spiro atoms. The minimum absolute atomic E-state index is 0.0344. The maximum absolute atomic E-state index is 11.0. The summed E-state index contributed by atoms with van der Waals surface area (Å²) in [6.07, 6.45) is 2.09. The van der Waals surface area contributed by atoms with Gasteiger partial charge in [0.1, 0.15) is 0 Å². The topological polar surface area (TPSA) is 53.5 Å². The summed E-state index contributed by atoms with van der Waals surface area (Å²) in [5.74, 6) is 1.01. The Balaban J connectivity index is 2.12. The predicted molar refractivity (Wildman–Crippen MR) is 48.2 cm³/mol. The molecule has 0 unspecified atom stereocenters. The average Bonchev–Trinajstić information content (AvgIpc) is 2.53. The van der Waals surface area contributed by atoms with Crippen molar-refractivity contribution in [3.63, 3.8) is 0 Å². The molecular formula is C8H15N3O. The van der Waals surface area contributed by atoms with Crippen molar-refractivity contribution in [1.82, 2.24) is 10.6 Å². The smallest absolute Gasteiger partial charge is 0.239 e. The SMILES string of the molecule is CCNC(=O)CNC1=NCCC1. The van der Waals surface area contributed by atoms with Gasteiger partial charge in [-0.1, -0.05) is 0 Å². The molecule has 12 heavy (non-hydrogen) atoms. The number of rotatable bonds is 3. The molecule has 4 heteroatoms. The van der Waals surface area contributed by atoms with E-state index in [1.807, 2.05) is 6.92 Å². The molecule has 1 amide bonds. The number of amidine groups is 1. The van der Waals surface area contributed by atoms with Crippen molar-refractivity contribution in [3.05, 3.63) is 0 Å². The Morgan fingerprint density at radius 3 is 3.08 bits per heavy atom. The first-order valence-electron chi connectivity index (χ1n) is 4.37. The first-order chi connectivity index (χ1) is 5.83. The van der Waals surface area contributed by atoms with Crippen LogP contribution in [0.2, 0.25) is 0 Å². The minimum Gasteiger partial charge on any atom is -0.365 e. The first kappa shape index (κ1) is 9.03. The molecule has 0 saturated carbocycles. The molecule has 0 atom stereocenters. The minimum atomic E-state index is 0.0344. The van der Waals surface area contributed by atoms with Crippen molar-refractivity contribution < 1.29 is 4.79 Å². The Bertz CT molecular complexity index is 189. The molecular weight excluding hydrogens is 154 g/mol. The van der Waals surface area contributed by atoms with E-state index < -0.39 is 0 Å². The molecule has 1 aliphatic heterocycles. The van der Waals surface area contributed by atoms with Crippen LogP contribution in [0.4, 0.5) is 0 Å². The zero-order valence-corrected chi connectivity index (χ0v) is 7.39. The number of likely N-dealkylation sites (N-methyl/N-ethyl adjacent to an activating group) is 1. The summed E-state index contributed by atoms with van der Waals surface area (Å²) in [6, 6.07) is 0. The lowest BCUT2D eigenvalue weighted by Gasteiger charge is -2.04. The number of carbonyl (C=O) groups is 1. The molecule has 1 heterocycles. The van der Waals surface area contributed by atoms with Crippen molar-refractivity contribution in [2.45, 2.75) is 19.8 Å². The van der Waals surface area contributed by atoms with Crippen LogP contribution in [0.25, 0.3) is 0 Å². The van der Waals surface area contributed by atoms with Crippen molar-refractivity contribution >= 4 is 11.7 Å². The van der Waals surface area contributed by atoms with Crippen LogP contribution in [-0.4, -0.2) is 31.4 Å². The Hall–Kier alpha value is -1.06. The number of carbonyl (C=O) groups excluding carboxylic acids is 1. The fourth-order valence-electron chi connectivity index (χ4n) is 1.13. The van der Waals surface area contributed by atoms with Gasteiger partial charge in [0.2, 0.25) is 5.91 Å². The van der Waals surface area contributed by atoms with Crippen LogP contribution >= 0.6 is 0 Å². The summed E-state index contributed by atoms with van der Waals surface area (Å²) in [5.41, 5.74) is 0.